The first-order valence-electron chi connectivity index (χ1n) is 6.66. The maximum atomic E-state index is 13.6. The predicted octanol–water partition coefficient (Wildman–Crippen LogP) is 4.15. The molecule has 0 N–H and O–H groups in total. The van der Waals surface area contributed by atoms with Gasteiger partial charge in [-0.2, -0.15) is 0 Å². The molecule has 3 heteroatoms. The maximum Gasteiger partial charge on any atom is 0.196 e. The van der Waals surface area contributed by atoms with Crippen molar-refractivity contribution in [1.29, 1.82) is 0 Å². The number of ketones is 1. The summed E-state index contributed by atoms with van der Waals surface area (Å²) < 4.78 is 19.1. The number of aryl methyl sites for hydroxylation is 1. The molecule has 2 aromatic carbocycles. The quantitative estimate of drug-likeness (QED) is 0.764. The number of carbonyl (C=O) groups excluding carboxylic acids is 1. The summed E-state index contributed by atoms with van der Waals surface area (Å²) in [6.07, 6.45) is 0.863. The van der Waals surface area contributed by atoms with Crippen LogP contribution in [0.2, 0.25) is 0 Å². The van der Waals surface area contributed by atoms with Crippen LogP contribution in [-0.4, -0.2) is 12.4 Å². The average molecular weight is 272 g/mol. The van der Waals surface area contributed by atoms with E-state index in [0.29, 0.717) is 29.0 Å². The topological polar surface area (TPSA) is 26.3 Å². The van der Waals surface area contributed by atoms with Crippen LogP contribution in [-0.2, 0) is 0 Å². The van der Waals surface area contributed by atoms with Gasteiger partial charge in [-0.15, -0.1) is 0 Å². The van der Waals surface area contributed by atoms with E-state index in [0.717, 1.165) is 6.42 Å². The minimum Gasteiger partial charge on any atom is -0.493 e. The SMILES string of the molecule is CCCOc1ccccc1C(=O)c1ccc(C)c(F)c1. The van der Waals surface area contributed by atoms with Crippen LogP contribution >= 0.6 is 0 Å². The van der Waals surface area contributed by atoms with Crippen LogP contribution in [0.25, 0.3) is 0 Å². The maximum absolute atomic E-state index is 13.6. The number of rotatable bonds is 5. The second-order valence-electron chi connectivity index (χ2n) is 4.64. The van der Waals surface area contributed by atoms with Crippen molar-refractivity contribution in [2.24, 2.45) is 0 Å². The van der Waals surface area contributed by atoms with Crippen LogP contribution in [0.4, 0.5) is 4.39 Å². The molecule has 0 atom stereocenters. The summed E-state index contributed by atoms with van der Waals surface area (Å²) >= 11 is 0. The fourth-order valence-corrected chi connectivity index (χ4v) is 1.88. The fourth-order valence-electron chi connectivity index (χ4n) is 1.88. The van der Waals surface area contributed by atoms with E-state index in [-0.39, 0.29) is 11.6 Å². The Morgan fingerprint density at radius 3 is 2.65 bits per heavy atom. The first-order valence-corrected chi connectivity index (χ1v) is 6.66. The summed E-state index contributed by atoms with van der Waals surface area (Å²) in [7, 11) is 0. The van der Waals surface area contributed by atoms with Gasteiger partial charge in [0.1, 0.15) is 11.6 Å². The molecule has 2 rings (SSSR count). The van der Waals surface area contributed by atoms with E-state index in [2.05, 4.69) is 0 Å². The zero-order valence-electron chi connectivity index (χ0n) is 11.7. The number of halogens is 1. The first-order chi connectivity index (χ1) is 9.63. The number of ether oxygens (including phenoxy) is 1. The molecule has 104 valence electrons. The third-order valence-electron chi connectivity index (χ3n) is 3.03. The smallest absolute Gasteiger partial charge is 0.196 e. The minimum absolute atomic E-state index is 0.226. The third kappa shape index (κ3) is 3.05. The molecule has 0 bridgehead atoms. The Kier molecular flexibility index (Phi) is 4.51. The first kappa shape index (κ1) is 14.3. The Hall–Kier alpha value is -2.16. The highest BCUT2D eigenvalue weighted by molar-refractivity contribution is 6.10. The van der Waals surface area contributed by atoms with Crippen LogP contribution in [0.5, 0.6) is 5.75 Å². The molecule has 2 aromatic rings. The van der Waals surface area contributed by atoms with Gasteiger partial charge in [0.25, 0.3) is 0 Å². The van der Waals surface area contributed by atoms with Crippen molar-refractivity contribution in [2.45, 2.75) is 20.3 Å². The normalized spacial score (nSPS) is 10.3. The van der Waals surface area contributed by atoms with Gasteiger partial charge in [0, 0.05) is 5.56 Å². The van der Waals surface area contributed by atoms with Gasteiger partial charge < -0.3 is 4.74 Å². The Balaban J connectivity index is 2.35. The van der Waals surface area contributed by atoms with Crippen LogP contribution in [0.1, 0.15) is 34.8 Å². The zero-order chi connectivity index (χ0) is 14.5. The van der Waals surface area contributed by atoms with Gasteiger partial charge in [0.15, 0.2) is 5.78 Å². The lowest BCUT2D eigenvalue weighted by Crippen LogP contribution is -2.06. The summed E-state index contributed by atoms with van der Waals surface area (Å²) in [5.41, 5.74) is 1.32. The monoisotopic (exact) mass is 272 g/mol. The van der Waals surface area contributed by atoms with E-state index in [1.54, 1.807) is 37.3 Å². The van der Waals surface area contributed by atoms with Crippen molar-refractivity contribution in [1.82, 2.24) is 0 Å². The van der Waals surface area contributed by atoms with Crippen molar-refractivity contribution >= 4 is 5.78 Å². The van der Waals surface area contributed by atoms with E-state index < -0.39 is 0 Å². The Bertz CT molecular complexity index is 620. The van der Waals surface area contributed by atoms with Crippen LogP contribution < -0.4 is 4.74 Å². The molecule has 0 aliphatic rings. The van der Waals surface area contributed by atoms with E-state index in [4.69, 9.17) is 4.74 Å². The molecule has 0 radical (unpaired) electrons. The largest absolute Gasteiger partial charge is 0.493 e. The summed E-state index contributed by atoms with van der Waals surface area (Å²) in [4.78, 5) is 12.4. The van der Waals surface area contributed by atoms with E-state index in [1.165, 1.54) is 6.07 Å². The average Bonchev–Trinajstić information content (AvgIpc) is 2.47. The fraction of sp³-hybridized carbons (Fsp3) is 0.235. The van der Waals surface area contributed by atoms with Gasteiger partial charge in [-0.05, 0) is 37.1 Å². The lowest BCUT2D eigenvalue weighted by atomic mass is 10.0. The van der Waals surface area contributed by atoms with Gasteiger partial charge in [-0.1, -0.05) is 31.2 Å². The molecule has 0 aromatic heterocycles. The Labute approximate surface area is 118 Å². The second-order valence-corrected chi connectivity index (χ2v) is 4.64. The molecule has 0 unspecified atom stereocenters. The molecule has 0 heterocycles. The van der Waals surface area contributed by atoms with Crippen LogP contribution in [0, 0.1) is 12.7 Å². The van der Waals surface area contributed by atoms with Crippen LogP contribution in [0.3, 0.4) is 0 Å². The highest BCUT2D eigenvalue weighted by Crippen LogP contribution is 2.22. The van der Waals surface area contributed by atoms with Crippen molar-refractivity contribution in [2.75, 3.05) is 6.61 Å². The number of hydrogen-bond acceptors (Lipinski definition) is 2. The predicted molar refractivity (Wildman–Crippen MR) is 76.8 cm³/mol. The van der Waals surface area contributed by atoms with Gasteiger partial charge in [-0.25, -0.2) is 4.39 Å². The van der Waals surface area contributed by atoms with E-state index >= 15 is 0 Å². The van der Waals surface area contributed by atoms with Gasteiger partial charge >= 0.3 is 0 Å². The highest BCUT2D eigenvalue weighted by atomic mass is 19.1. The Morgan fingerprint density at radius 1 is 1.20 bits per heavy atom. The number of hydrogen-bond donors (Lipinski definition) is 0. The minimum atomic E-state index is -0.372. The molecule has 0 fully saturated rings. The summed E-state index contributed by atoms with van der Waals surface area (Å²) in [5, 5.41) is 0. The van der Waals surface area contributed by atoms with E-state index in [1.807, 2.05) is 13.0 Å². The molecule has 0 saturated carbocycles. The van der Waals surface area contributed by atoms with Crippen molar-refractivity contribution < 1.29 is 13.9 Å². The molecule has 2 nitrogen and oxygen atoms in total. The summed E-state index contributed by atoms with van der Waals surface area (Å²) in [6.45, 7) is 4.22. The molecular formula is C17H17FO2. The number of carbonyl (C=O) groups is 1. The molecule has 0 aliphatic carbocycles. The summed E-state index contributed by atoms with van der Waals surface area (Å²) in [6, 6.07) is 11.6. The Morgan fingerprint density at radius 2 is 1.95 bits per heavy atom. The summed E-state index contributed by atoms with van der Waals surface area (Å²) in [5.74, 6) is -0.0567. The lowest BCUT2D eigenvalue weighted by molar-refractivity contribution is 0.103. The van der Waals surface area contributed by atoms with E-state index in [9.17, 15) is 9.18 Å². The molecule has 0 spiro atoms. The number of para-hydroxylation sites is 1. The van der Waals surface area contributed by atoms with Gasteiger partial charge in [-0.3, -0.25) is 4.79 Å². The molecule has 0 saturated heterocycles. The van der Waals surface area contributed by atoms with Gasteiger partial charge in [0.2, 0.25) is 0 Å². The standard InChI is InChI=1S/C17H17FO2/c1-3-10-20-16-7-5-4-6-14(16)17(19)13-9-8-12(2)15(18)11-13/h4-9,11H,3,10H2,1-2H3. The van der Waals surface area contributed by atoms with Gasteiger partial charge in [0.05, 0.1) is 12.2 Å². The van der Waals surface area contributed by atoms with Crippen molar-refractivity contribution in [3.8, 4) is 5.75 Å². The lowest BCUT2D eigenvalue weighted by Gasteiger charge is -2.10. The number of benzene rings is 2. The second kappa shape index (κ2) is 6.33. The van der Waals surface area contributed by atoms with Crippen molar-refractivity contribution in [3.63, 3.8) is 0 Å². The zero-order valence-corrected chi connectivity index (χ0v) is 11.7. The highest BCUT2D eigenvalue weighted by Gasteiger charge is 2.15. The van der Waals surface area contributed by atoms with Crippen molar-refractivity contribution in [3.05, 3.63) is 65.0 Å². The molecule has 0 aliphatic heterocycles. The van der Waals surface area contributed by atoms with Crippen LogP contribution in [0.15, 0.2) is 42.5 Å². The molecular weight excluding hydrogens is 255 g/mol. The molecule has 0 amide bonds. The third-order valence-corrected chi connectivity index (χ3v) is 3.03. The molecule has 20 heavy (non-hydrogen) atoms.